The second-order valence-corrected chi connectivity index (χ2v) is 5.89. The predicted octanol–water partition coefficient (Wildman–Crippen LogP) is 3.38. The Hall–Kier alpha value is -0.680. The molecule has 0 fully saturated rings. The molecule has 5 heteroatoms. The molecule has 0 saturated carbocycles. The summed E-state index contributed by atoms with van der Waals surface area (Å²) in [5.41, 5.74) is 1.47. The number of benzene rings is 1. The van der Waals surface area contributed by atoms with Crippen molar-refractivity contribution in [1.29, 1.82) is 5.41 Å². The molecule has 1 aromatic heterocycles. The van der Waals surface area contributed by atoms with Crippen molar-refractivity contribution in [2.75, 3.05) is 0 Å². The van der Waals surface area contributed by atoms with Gasteiger partial charge in [-0.15, -0.1) is 0 Å². The molecule has 1 aliphatic rings. The number of halogens is 2. The Morgan fingerprint density at radius 3 is 2.88 bits per heavy atom. The van der Waals surface area contributed by atoms with Crippen molar-refractivity contribution in [1.82, 2.24) is 9.55 Å². The van der Waals surface area contributed by atoms with Crippen LogP contribution in [-0.2, 0) is 13.0 Å². The van der Waals surface area contributed by atoms with E-state index in [1.54, 1.807) is 0 Å². The van der Waals surface area contributed by atoms with Crippen molar-refractivity contribution in [3.63, 3.8) is 0 Å². The Labute approximate surface area is 116 Å². The van der Waals surface area contributed by atoms with Crippen LogP contribution in [0.3, 0.4) is 0 Å². The lowest BCUT2D eigenvalue weighted by molar-refractivity contribution is 0.493. The van der Waals surface area contributed by atoms with Gasteiger partial charge in [-0.25, -0.2) is 4.98 Å². The first kappa shape index (κ1) is 11.4. The maximum Gasteiger partial charge on any atom is 0.135 e. The van der Waals surface area contributed by atoms with Crippen LogP contribution in [0.4, 0.5) is 0 Å². The minimum atomic E-state index is 0.581. The highest BCUT2D eigenvalue weighted by Gasteiger charge is 2.14. The largest absolute Gasteiger partial charge is 0.314 e. The smallest absolute Gasteiger partial charge is 0.135 e. The van der Waals surface area contributed by atoms with Crippen molar-refractivity contribution in [3.8, 4) is 0 Å². The summed E-state index contributed by atoms with van der Waals surface area (Å²) in [5.74, 6) is 1.03. The van der Waals surface area contributed by atoms with Gasteiger partial charge >= 0.3 is 0 Å². The van der Waals surface area contributed by atoms with Gasteiger partial charge in [-0.1, -0.05) is 0 Å². The molecule has 0 radical (unpaired) electrons. The summed E-state index contributed by atoms with van der Waals surface area (Å²) >= 11 is 7.02. The van der Waals surface area contributed by atoms with Gasteiger partial charge in [-0.3, -0.25) is 5.41 Å². The highest BCUT2D eigenvalue weighted by Crippen LogP contribution is 2.29. The molecule has 0 amide bonds. The van der Waals surface area contributed by atoms with Crippen LogP contribution in [0.15, 0.2) is 21.1 Å². The molecule has 0 atom stereocenters. The third-order valence-corrected chi connectivity index (χ3v) is 5.17. The molecule has 0 aliphatic carbocycles. The summed E-state index contributed by atoms with van der Waals surface area (Å²) in [6.45, 7) is 0.921. The molecule has 0 unspecified atom stereocenters. The third kappa shape index (κ3) is 1.76. The zero-order chi connectivity index (χ0) is 12.0. The number of nitrogens with zero attached hydrogens (tertiary/aromatic N) is 2. The molecule has 1 aromatic carbocycles. The summed E-state index contributed by atoms with van der Waals surface area (Å²) < 4.78 is 3.96. The molecular formula is C12H11Br2N3. The van der Waals surface area contributed by atoms with E-state index in [-0.39, 0.29) is 0 Å². The van der Waals surface area contributed by atoms with Gasteiger partial charge in [0.15, 0.2) is 0 Å². The van der Waals surface area contributed by atoms with Crippen LogP contribution in [0.2, 0.25) is 0 Å². The zero-order valence-corrected chi connectivity index (χ0v) is 12.3. The average Bonchev–Trinajstić information content (AvgIpc) is 2.35. The second-order valence-electron chi connectivity index (χ2n) is 4.24. The van der Waals surface area contributed by atoms with Crippen LogP contribution in [0, 0.1) is 5.41 Å². The van der Waals surface area contributed by atoms with Crippen LogP contribution in [-0.4, -0.2) is 9.55 Å². The van der Waals surface area contributed by atoms with E-state index in [9.17, 15) is 0 Å². The standard InChI is InChI=1S/C12H11Br2N3/c13-8-5-4-7-11(10(8)14)16-9-3-1-2-6-17(9)12(7)15/h4-5,15H,1-3,6H2. The van der Waals surface area contributed by atoms with Crippen LogP contribution in [0.1, 0.15) is 18.7 Å². The zero-order valence-electron chi connectivity index (χ0n) is 9.13. The summed E-state index contributed by atoms with van der Waals surface area (Å²) in [5, 5.41) is 9.18. The van der Waals surface area contributed by atoms with Gasteiger partial charge in [-0.05, 0) is 56.8 Å². The molecule has 2 aromatic rings. The molecule has 3 nitrogen and oxygen atoms in total. The normalized spacial score (nSPS) is 14.9. The van der Waals surface area contributed by atoms with Gasteiger partial charge in [0.1, 0.15) is 11.3 Å². The van der Waals surface area contributed by atoms with Crippen molar-refractivity contribution in [3.05, 3.63) is 32.4 Å². The first-order chi connectivity index (χ1) is 8.18. The molecule has 88 valence electrons. The minimum Gasteiger partial charge on any atom is -0.314 e. The fourth-order valence-electron chi connectivity index (χ4n) is 2.29. The Morgan fingerprint density at radius 2 is 2.06 bits per heavy atom. The number of rotatable bonds is 0. The SMILES string of the molecule is N=c1c2ccc(Br)c(Br)c2nc2n1CCCC2. The maximum absolute atomic E-state index is 8.27. The van der Waals surface area contributed by atoms with E-state index in [1.807, 2.05) is 16.7 Å². The van der Waals surface area contributed by atoms with Crippen molar-refractivity contribution in [2.45, 2.75) is 25.8 Å². The number of aryl methyl sites for hydroxylation is 1. The lowest BCUT2D eigenvalue weighted by Crippen LogP contribution is -2.28. The van der Waals surface area contributed by atoms with E-state index in [1.165, 1.54) is 6.42 Å². The van der Waals surface area contributed by atoms with Crippen LogP contribution in [0.5, 0.6) is 0 Å². The molecule has 17 heavy (non-hydrogen) atoms. The summed E-state index contributed by atoms with van der Waals surface area (Å²) in [6.07, 6.45) is 3.29. The van der Waals surface area contributed by atoms with E-state index in [0.29, 0.717) is 5.49 Å². The lowest BCUT2D eigenvalue weighted by atomic mass is 10.1. The molecule has 1 aliphatic heterocycles. The minimum absolute atomic E-state index is 0.581. The Morgan fingerprint density at radius 1 is 1.24 bits per heavy atom. The average molecular weight is 357 g/mol. The molecule has 3 rings (SSSR count). The van der Waals surface area contributed by atoms with E-state index in [4.69, 9.17) is 10.4 Å². The van der Waals surface area contributed by atoms with Gasteiger partial charge in [0.05, 0.1) is 9.99 Å². The topological polar surface area (TPSA) is 41.7 Å². The van der Waals surface area contributed by atoms with E-state index >= 15 is 0 Å². The number of hydrogen-bond acceptors (Lipinski definition) is 2. The second kappa shape index (κ2) is 4.21. The Kier molecular flexibility index (Phi) is 2.83. The van der Waals surface area contributed by atoms with Gasteiger partial charge in [-0.2, -0.15) is 0 Å². The number of aromatic nitrogens is 2. The Bertz CT molecular complexity index is 661. The van der Waals surface area contributed by atoms with E-state index in [0.717, 1.165) is 45.1 Å². The van der Waals surface area contributed by atoms with E-state index in [2.05, 4.69) is 31.9 Å². The van der Waals surface area contributed by atoms with Crippen LogP contribution >= 0.6 is 31.9 Å². The number of hydrogen-bond donors (Lipinski definition) is 1. The molecular weight excluding hydrogens is 346 g/mol. The number of fused-ring (bicyclic) bond motifs is 2. The quantitative estimate of drug-likeness (QED) is 0.772. The fourth-order valence-corrected chi connectivity index (χ4v) is 3.04. The van der Waals surface area contributed by atoms with Crippen LogP contribution in [0.25, 0.3) is 10.9 Å². The van der Waals surface area contributed by atoms with Crippen molar-refractivity contribution >= 4 is 42.8 Å². The molecule has 0 spiro atoms. The van der Waals surface area contributed by atoms with Crippen LogP contribution < -0.4 is 5.49 Å². The summed E-state index contributed by atoms with van der Waals surface area (Å²) in [6, 6.07) is 3.92. The monoisotopic (exact) mass is 355 g/mol. The third-order valence-electron chi connectivity index (χ3n) is 3.18. The molecule has 0 saturated heterocycles. The molecule has 1 N–H and O–H groups in total. The van der Waals surface area contributed by atoms with Gasteiger partial charge in [0, 0.05) is 22.8 Å². The lowest BCUT2D eigenvalue weighted by Gasteiger charge is -2.19. The summed E-state index contributed by atoms with van der Waals surface area (Å²) in [7, 11) is 0. The van der Waals surface area contributed by atoms with Crippen molar-refractivity contribution in [2.24, 2.45) is 0 Å². The number of nitrogens with one attached hydrogen (secondary N) is 1. The van der Waals surface area contributed by atoms with E-state index < -0.39 is 0 Å². The van der Waals surface area contributed by atoms with Crippen molar-refractivity contribution < 1.29 is 0 Å². The summed E-state index contributed by atoms with van der Waals surface area (Å²) in [4.78, 5) is 4.70. The van der Waals surface area contributed by atoms with Gasteiger partial charge < -0.3 is 4.57 Å². The first-order valence-corrected chi connectivity index (χ1v) is 7.19. The predicted molar refractivity (Wildman–Crippen MR) is 73.9 cm³/mol. The molecule has 0 bridgehead atoms. The molecule has 2 heterocycles. The highest BCUT2D eigenvalue weighted by molar-refractivity contribution is 9.13. The van der Waals surface area contributed by atoms with Gasteiger partial charge in [0.25, 0.3) is 0 Å². The maximum atomic E-state index is 8.27. The van der Waals surface area contributed by atoms with Gasteiger partial charge in [0.2, 0.25) is 0 Å². The first-order valence-electron chi connectivity index (χ1n) is 5.60. The fraction of sp³-hybridized carbons (Fsp3) is 0.333. The highest BCUT2D eigenvalue weighted by atomic mass is 79.9. The Balaban J connectivity index is 2.44.